The van der Waals surface area contributed by atoms with Gasteiger partial charge in [-0.1, -0.05) is 6.92 Å². The minimum atomic E-state index is -3.33. The van der Waals surface area contributed by atoms with Gasteiger partial charge in [0.25, 0.3) is 0 Å². The highest BCUT2D eigenvalue weighted by Gasteiger charge is 2.27. The van der Waals surface area contributed by atoms with E-state index in [-0.39, 0.29) is 0 Å². The second-order valence-electron chi connectivity index (χ2n) is 5.33. The van der Waals surface area contributed by atoms with Crippen LogP contribution in [0.15, 0.2) is 17.2 Å². The van der Waals surface area contributed by atoms with Gasteiger partial charge in [-0.25, -0.2) is 8.42 Å². The SMILES string of the molecule is CNCc1cc(S(=O)(=O)N2CCCC(C)CC2)c[nH]1. The minimum Gasteiger partial charge on any atom is -0.363 e. The fourth-order valence-electron chi connectivity index (χ4n) is 2.49. The summed E-state index contributed by atoms with van der Waals surface area (Å²) in [4.78, 5) is 3.39. The van der Waals surface area contributed by atoms with Crippen molar-refractivity contribution < 1.29 is 8.42 Å². The zero-order valence-electron chi connectivity index (χ0n) is 11.6. The van der Waals surface area contributed by atoms with Gasteiger partial charge in [-0.05, 0) is 38.3 Å². The van der Waals surface area contributed by atoms with Crippen LogP contribution < -0.4 is 5.32 Å². The average Bonchev–Trinajstić information content (AvgIpc) is 2.72. The highest BCUT2D eigenvalue weighted by atomic mass is 32.2. The summed E-state index contributed by atoms with van der Waals surface area (Å²) in [5, 5.41) is 3.00. The van der Waals surface area contributed by atoms with Crippen molar-refractivity contribution in [2.24, 2.45) is 5.92 Å². The second-order valence-corrected chi connectivity index (χ2v) is 7.27. The average molecular weight is 285 g/mol. The molecule has 1 aromatic heterocycles. The van der Waals surface area contributed by atoms with Gasteiger partial charge in [0.1, 0.15) is 0 Å². The van der Waals surface area contributed by atoms with E-state index in [1.54, 1.807) is 16.6 Å². The van der Waals surface area contributed by atoms with E-state index in [0.29, 0.717) is 30.4 Å². The Morgan fingerprint density at radius 2 is 2.21 bits per heavy atom. The Labute approximate surface area is 115 Å². The first kappa shape index (κ1) is 14.6. The van der Waals surface area contributed by atoms with Crippen molar-refractivity contribution in [1.82, 2.24) is 14.6 Å². The van der Waals surface area contributed by atoms with E-state index in [2.05, 4.69) is 17.2 Å². The number of hydrogen-bond donors (Lipinski definition) is 2. The number of nitrogens with one attached hydrogen (secondary N) is 2. The van der Waals surface area contributed by atoms with Crippen LogP contribution in [0.5, 0.6) is 0 Å². The van der Waals surface area contributed by atoms with Gasteiger partial charge in [-0.15, -0.1) is 0 Å². The largest absolute Gasteiger partial charge is 0.363 e. The maximum atomic E-state index is 12.5. The quantitative estimate of drug-likeness (QED) is 0.882. The number of nitrogens with zero attached hydrogens (tertiary/aromatic N) is 1. The third-order valence-electron chi connectivity index (χ3n) is 3.70. The van der Waals surface area contributed by atoms with Crippen LogP contribution in [0, 0.1) is 5.92 Å². The Balaban J connectivity index is 2.15. The molecule has 1 aromatic rings. The summed E-state index contributed by atoms with van der Waals surface area (Å²) in [6, 6.07) is 1.72. The fourth-order valence-corrected chi connectivity index (χ4v) is 4.00. The molecule has 108 valence electrons. The molecule has 2 N–H and O–H groups in total. The van der Waals surface area contributed by atoms with Crippen LogP contribution >= 0.6 is 0 Å². The number of hydrogen-bond acceptors (Lipinski definition) is 3. The van der Waals surface area contributed by atoms with Crippen molar-refractivity contribution in [3.63, 3.8) is 0 Å². The van der Waals surface area contributed by atoms with Crippen molar-refractivity contribution in [2.75, 3.05) is 20.1 Å². The zero-order chi connectivity index (χ0) is 13.9. The predicted octanol–water partition coefficient (Wildman–Crippen LogP) is 1.54. The maximum Gasteiger partial charge on any atom is 0.244 e. The Morgan fingerprint density at radius 3 is 2.95 bits per heavy atom. The van der Waals surface area contributed by atoms with Crippen LogP contribution in [-0.2, 0) is 16.6 Å². The van der Waals surface area contributed by atoms with Crippen LogP contribution in [0.4, 0.5) is 0 Å². The molecule has 0 aromatic carbocycles. The van der Waals surface area contributed by atoms with E-state index in [4.69, 9.17) is 0 Å². The van der Waals surface area contributed by atoms with E-state index >= 15 is 0 Å². The van der Waals surface area contributed by atoms with Gasteiger partial charge >= 0.3 is 0 Å². The summed E-state index contributed by atoms with van der Waals surface area (Å²) in [6.07, 6.45) is 4.61. The summed E-state index contributed by atoms with van der Waals surface area (Å²) < 4.78 is 26.7. The molecule has 1 unspecified atom stereocenters. The molecule has 0 radical (unpaired) electrons. The lowest BCUT2D eigenvalue weighted by Gasteiger charge is -2.19. The van der Waals surface area contributed by atoms with Gasteiger partial charge in [-0.3, -0.25) is 0 Å². The molecule has 2 heterocycles. The first-order chi connectivity index (χ1) is 9.04. The van der Waals surface area contributed by atoms with Crippen molar-refractivity contribution in [3.05, 3.63) is 18.0 Å². The number of rotatable bonds is 4. The van der Waals surface area contributed by atoms with Crippen LogP contribution in [0.3, 0.4) is 0 Å². The van der Waals surface area contributed by atoms with Gasteiger partial charge < -0.3 is 10.3 Å². The molecule has 1 saturated heterocycles. The molecule has 1 aliphatic heterocycles. The summed E-state index contributed by atoms with van der Waals surface area (Å²) in [6.45, 7) is 4.11. The normalized spacial score (nSPS) is 22.3. The van der Waals surface area contributed by atoms with Crippen molar-refractivity contribution in [3.8, 4) is 0 Å². The second kappa shape index (κ2) is 6.07. The van der Waals surface area contributed by atoms with Crippen LogP contribution in [0.25, 0.3) is 0 Å². The van der Waals surface area contributed by atoms with Gasteiger partial charge in [0.15, 0.2) is 0 Å². The first-order valence-electron chi connectivity index (χ1n) is 6.86. The van der Waals surface area contributed by atoms with E-state index in [9.17, 15) is 8.42 Å². The first-order valence-corrected chi connectivity index (χ1v) is 8.30. The molecule has 1 atom stereocenters. The molecular weight excluding hydrogens is 262 g/mol. The molecule has 2 rings (SSSR count). The van der Waals surface area contributed by atoms with Crippen molar-refractivity contribution in [2.45, 2.75) is 37.6 Å². The summed E-state index contributed by atoms with van der Waals surface area (Å²) in [5.41, 5.74) is 0.893. The maximum absolute atomic E-state index is 12.5. The van der Waals surface area contributed by atoms with Gasteiger partial charge in [0.05, 0.1) is 4.90 Å². The Kier molecular flexibility index (Phi) is 4.65. The molecule has 0 saturated carbocycles. The predicted molar refractivity (Wildman–Crippen MR) is 75.3 cm³/mol. The lowest BCUT2D eigenvalue weighted by atomic mass is 10.0. The molecule has 1 aliphatic rings. The molecule has 0 amide bonds. The lowest BCUT2D eigenvalue weighted by Crippen LogP contribution is -2.31. The molecule has 19 heavy (non-hydrogen) atoms. The summed E-state index contributed by atoms with van der Waals surface area (Å²) in [7, 11) is -1.49. The lowest BCUT2D eigenvalue weighted by molar-refractivity contribution is 0.417. The van der Waals surface area contributed by atoms with E-state index < -0.39 is 10.0 Å². The highest BCUT2D eigenvalue weighted by Crippen LogP contribution is 2.23. The van der Waals surface area contributed by atoms with Crippen molar-refractivity contribution in [1.29, 1.82) is 0 Å². The molecule has 6 heteroatoms. The van der Waals surface area contributed by atoms with Gasteiger partial charge in [0, 0.05) is 31.5 Å². The Hall–Kier alpha value is -0.850. The number of H-pyrrole nitrogens is 1. The Bertz CT molecular complexity index is 510. The van der Waals surface area contributed by atoms with Crippen LogP contribution in [0.1, 0.15) is 31.9 Å². The monoisotopic (exact) mass is 285 g/mol. The highest BCUT2D eigenvalue weighted by molar-refractivity contribution is 7.89. The fraction of sp³-hybridized carbons (Fsp3) is 0.692. The molecule has 0 spiro atoms. The molecule has 5 nitrogen and oxygen atoms in total. The minimum absolute atomic E-state index is 0.382. The van der Waals surface area contributed by atoms with Crippen LogP contribution in [-0.4, -0.2) is 37.8 Å². The van der Waals surface area contributed by atoms with Gasteiger partial charge in [0.2, 0.25) is 10.0 Å². The van der Waals surface area contributed by atoms with Crippen LogP contribution in [0.2, 0.25) is 0 Å². The van der Waals surface area contributed by atoms with E-state index in [0.717, 1.165) is 25.0 Å². The molecule has 0 bridgehead atoms. The molecular formula is C13H23N3O2S. The third-order valence-corrected chi connectivity index (χ3v) is 5.57. The molecule has 1 fully saturated rings. The number of aromatic amines is 1. The smallest absolute Gasteiger partial charge is 0.244 e. The Morgan fingerprint density at radius 1 is 1.42 bits per heavy atom. The zero-order valence-corrected chi connectivity index (χ0v) is 12.5. The van der Waals surface area contributed by atoms with E-state index in [1.165, 1.54) is 0 Å². The van der Waals surface area contributed by atoms with Gasteiger partial charge in [-0.2, -0.15) is 4.31 Å². The van der Waals surface area contributed by atoms with Crippen molar-refractivity contribution >= 4 is 10.0 Å². The standard InChI is InChI=1S/C13H23N3O2S/c1-11-4-3-6-16(7-5-11)19(17,18)13-8-12(9-14-2)15-10-13/h8,10-11,14-15H,3-7,9H2,1-2H3. The summed E-state index contributed by atoms with van der Waals surface area (Å²) in [5.74, 6) is 0.617. The number of sulfonamides is 1. The summed E-state index contributed by atoms with van der Waals surface area (Å²) >= 11 is 0. The number of aromatic nitrogens is 1. The third kappa shape index (κ3) is 3.38. The topological polar surface area (TPSA) is 65.2 Å². The molecule has 0 aliphatic carbocycles. The van der Waals surface area contributed by atoms with E-state index in [1.807, 2.05) is 7.05 Å².